The summed E-state index contributed by atoms with van der Waals surface area (Å²) in [5.41, 5.74) is 0.535. The third kappa shape index (κ3) is 4.59. The first-order valence-electron chi connectivity index (χ1n) is 9.80. The predicted molar refractivity (Wildman–Crippen MR) is 104 cm³/mol. The molecule has 1 fully saturated rings. The average Bonchev–Trinajstić information content (AvgIpc) is 3.18. The Kier molecular flexibility index (Phi) is 6.79. The molecule has 9 heteroatoms. The van der Waals surface area contributed by atoms with E-state index in [2.05, 4.69) is 10.1 Å². The molecule has 0 saturated carbocycles. The third-order valence-corrected chi connectivity index (χ3v) is 6.86. The second kappa shape index (κ2) is 9.11. The van der Waals surface area contributed by atoms with Crippen LogP contribution in [0.1, 0.15) is 51.3 Å². The Morgan fingerprint density at radius 1 is 1.29 bits per heavy atom. The van der Waals surface area contributed by atoms with Crippen LogP contribution in [0.15, 0.2) is 28.8 Å². The van der Waals surface area contributed by atoms with Crippen molar-refractivity contribution < 1.29 is 17.3 Å². The Labute approximate surface area is 165 Å². The van der Waals surface area contributed by atoms with Gasteiger partial charge in [0.25, 0.3) is 10.2 Å². The van der Waals surface area contributed by atoms with Crippen LogP contribution in [0.3, 0.4) is 0 Å². The van der Waals surface area contributed by atoms with E-state index in [1.165, 1.54) is 16.4 Å². The number of piperidine rings is 1. The summed E-state index contributed by atoms with van der Waals surface area (Å²) in [6, 6.07) is 6.00. The fourth-order valence-corrected chi connectivity index (χ4v) is 5.39. The molecular formula is C19H27FN4O3S. The fraction of sp³-hybridized carbons (Fsp3) is 0.579. The number of halogens is 1. The average molecular weight is 411 g/mol. The number of rotatable bonds is 8. The number of hydrogen-bond acceptors (Lipinski definition) is 5. The summed E-state index contributed by atoms with van der Waals surface area (Å²) in [6.07, 6.45) is 3.06. The van der Waals surface area contributed by atoms with E-state index in [1.54, 1.807) is 16.4 Å². The van der Waals surface area contributed by atoms with Crippen molar-refractivity contribution in [2.75, 3.05) is 26.2 Å². The topological polar surface area (TPSA) is 79.5 Å². The van der Waals surface area contributed by atoms with Gasteiger partial charge in [-0.3, -0.25) is 0 Å². The highest BCUT2D eigenvalue weighted by Crippen LogP contribution is 2.29. The van der Waals surface area contributed by atoms with Gasteiger partial charge in [-0.1, -0.05) is 31.1 Å². The van der Waals surface area contributed by atoms with Gasteiger partial charge >= 0.3 is 0 Å². The molecule has 1 aliphatic heterocycles. The second-order valence-electron chi connectivity index (χ2n) is 7.07. The van der Waals surface area contributed by atoms with Gasteiger partial charge in [-0.2, -0.15) is 22.0 Å². The zero-order valence-electron chi connectivity index (χ0n) is 16.3. The lowest BCUT2D eigenvalue weighted by Gasteiger charge is -2.34. The van der Waals surface area contributed by atoms with Crippen LogP contribution in [0.4, 0.5) is 4.39 Å². The Balaban J connectivity index is 1.76. The lowest BCUT2D eigenvalue weighted by Crippen LogP contribution is -2.48. The third-order valence-electron chi connectivity index (χ3n) is 4.86. The zero-order valence-corrected chi connectivity index (χ0v) is 17.2. The number of hydrogen-bond donors (Lipinski definition) is 0. The molecule has 0 amide bonds. The van der Waals surface area contributed by atoms with Crippen molar-refractivity contribution >= 4 is 10.2 Å². The van der Waals surface area contributed by atoms with Crippen LogP contribution in [0.5, 0.6) is 0 Å². The van der Waals surface area contributed by atoms with Gasteiger partial charge < -0.3 is 4.52 Å². The maximum Gasteiger partial charge on any atom is 0.281 e. The van der Waals surface area contributed by atoms with Crippen molar-refractivity contribution in [3.63, 3.8) is 0 Å². The zero-order chi connectivity index (χ0) is 20.1. The van der Waals surface area contributed by atoms with E-state index in [0.29, 0.717) is 43.5 Å². The summed E-state index contributed by atoms with van der Waals surface area (Å²) in [5, 5.41) is 3.95. The maximum atomic E-state index is 13.4. The van der Waals surface area contributed by atoms with Gasteiger partial charge in [0.1, 0.15) is 5.82 Å². The van der Waals surface area contributed by atoms with E-state index in [1.807, 2.05) is 13.8 Å². The summed E-state index contributed by atoms with van der Waals surface area (Å²) in [7, 11) is -3.51. The van der Waals surface area contributed by atoms with E-state index < -0.39 is 10.2 Å². The molecule has 3 rings (SSSR count). The van der Waals surface area contributed by atoms with Crippen molar-refractivity contribution in [2.24, 2.45) is 0 Å². The van der Waals surface area contributed by atoms with Crippen LogP contribution in [0.2, 0.25) is 0 Å². The van der Waals surface area contributed by atoms with Crippen molar-refractivity contribution in [2.45, 2.75) is 45.4 Å². The highest BCUT2D eigenvalue weighted by Gasteiger charge is 2.35. The van der Waals surface area contributed by atoms with Crippen LogP contribution in [-0.4, -0.2) is 53.3 Å². The van der Waals surface area contributed by atoms with Crippen LogP contribution < -0.4 is 0 Å². The van der Waals surface area contributed by atoms with Gasteiger partial charge in [-0.25, -0.2) is 4.39 Å². The molecule has 1 aromatic heterocycles. The van der Waals surface area contributed by atoms with Crippen molar-refractivity contribution in [1.29, 1.82) is 0 Å². The highest BCUT2D eigenvalue weighted by molar-refractivity contribution is 7.86. The fourth-order valence-electron chi connectivity index (χ4n) is 3.50. The first kappa shape index (κ1) is 20.9. The van der Waals surface area contributed by atoms with Crippen LogP contribution in [0, 0.1) is 5.82 Å². The molecule has 0 spiro atoms. The van der Waals surface area contributed by atoms with Gasteiger partial charge in [0, 0.05) is 31.7 Å². The standard InChI is InChI=1S/C19H27FN4O3S/c1-3-10-23(11-4-2)28(25,26)24-12-6-8-16(14-24)19-21-18(22-27-19)15-7-5-9-17(20)13-15/h5,7,9,13,16H,3-4,6,8,10-12,14H2,1-2H3/t16-/m0/s1. The number of nitrogens with zero attached hydrogens (tertiary/aromatic N) is 4. The molecule has 0 unspecified atom stereocenters. The molecule has 1 aromatic carbocycles. The Morgan fingerprint density at radius 3 is 2.71 bits per heavy atom. The highest BCUT2D eigenvalue weighted by atomic mass is 32.2. The van der Waals surface area contributed by atoms with Gasteiger partial charge in [-0.15, -0.1) is 0 Å². The summed E-state index contributed by atoms with van der Waals surface area (Å²) < 4.78 is 48.0. The molecule has 2 heterocycles. The van der Waals surface area contributed by atoms with Gasteiger partial charge in [0.05, 0.1) is 5.92 Å². The Bertz CT molecular complexity index is 881. The van der Waals surface area contributed by atoms with Gasteiger partial charge in [0.15, 0.2) is 0 Å². The second-order valence-corrected chi connectivity index (χ2v) is 9.00. The van der Waals surface area contributed by atoms with E-state index in [-0.39, 0.29) is 11.7 Å². The lowest BCUT2D eigenvalue weighted by molar-refractivity contribution is 0.249. The smallest absolute Gasteiger partial charge is 0.281 e. The quantitative estimate of drug-likeness (QED) is 0.666. The summed E-state index contributed by atoms with van der Waals surface area (Å²) in [6.45, 7) is 5.79. The normalized spacial score (nSPS) is 18.6. The van der Waals surface area contributed by atoms with Crippen molar-refractivity contribution in [3.05, 3.63) is 36.0 Å². The predicted octanol–water partition coefficient (Wildman–Crippen LogP) is 3.42. The summed E-state index contributed by atoms with van der Waals surface area (Å²) >= 11 is 0. The van der Waals surface area contributed by atoms with Crippen LogP contribution >= 0.6 is 0 Å². The number of benzene rings is 1. The Morgan fingerprint density at radius 2 is 2.04 bits per heavy atom. The molecule has 1 atom stereocenters. The molecule has 2 aromatic rings. The monoisotopic (exact) mass is 410 g/mol. The Hall–Kier alpha value is -1.84. The molecular weight excluding hydrogens is 383 g/mol. The molecule has 154 valence electrons. The lowest BCUT2D eigenvalue weighted by atomic mass is 10.00. The molecule has 28 heavy (non-hydrogen) atoms. The molecule has 7 nitrogen and oxygen atoms in total. The van der Waals surface area contributed by atoms with E-state index in [0.717, 1.165) is 25.7 Å². The summed E-state index contributed by atoms with van der Waals surface area (Å²) in [5.74, 6) is 0.180. The van der Waals surface area contributed by atoms with Gasteiger partial charge in [-0.05, 0) is 37.8 Å². The number of aromatic nitrogens is 2. The molecule has 0 radical (unpaired) electrons. The van der Waals surface area contributed by atoms with E-state index in [9.17, 15) is 12.8 Å². The molecule has 1 saturated heterocycles. The van der Waals surface area contributed by atoms with Gasteiger partial charge in [0.2, 0.25) is 11.7 Å². The minimum atomic E-state index is -3.51. The van der Waals surface area contributed by atoms with E-state index in [4.69, 9.17) is 4.52 Å². The molecule has 0 N–H and O–H groups in total. The summed E-state index contributed by atoms with van der Waals surface area (Å²) in [4.78, 5) is 4.40. The molecule has 1 aliphatic rings. The minimum Gasteiger partial charge on any atom is -0.339 e. The molecule has 0 aliphatic carbocycles. The van der Waals surface area contributed by atoms with E-state index >= 15 is 0 Å². The first-order chi connectivity index (χ1) is 13.5. The maximum absolute atomic E-state index is 13.4. The molecule has 0 bridgehead atoms. The van der Waals surface area contributed by atoms with Crippen molar-refractivity contribution in [1.82, 2.24) is 18.8 Å². The van der Waals surface area contributed by atoms with Crippen molar-refractivity contribution in [3.8, 4) is 11.4 Å². The minimum absolute atomic E-state index is 0.163. The largest absolute Gasteiger partial charge is 0.339 e. The first-order valence-corrected chi connectivity index (χ1v) is 11.2. The van der Waals surface area contributed by atoms with Crippen LogP contribution in [0.25, 0.3) is 11.4 Å². The van der Waals surface area contributed by atoms with Crippen LogP contribution in [-0.2, 0) is 10.2 Å². The SMILES string of the molecule is CCCN(CCC)S(=O)(=O)N1CCC[C@H](c2nc(-c3cccc(F)c3)no2)C1.